The minimum Gasteiger partial charge on any atom is -0.481 e. The van der Waals surface area contributed by atoms with Crippen molar-refractivity contribution in [3.63, 3.8) is 0 Å². The first-order valence-corrected chi connectivity index (χ1v) is 13.7. The second kappa shape index (κ2) is 13.4. The van der Waals surface area contributed by atoms with Crippen molar-refractivity contribution in [3.8, 4) is 0 Å². The molecule has 0 saturated heterocycles. The van der Waals surface area contributed by atoms with E-state index in [0.717, 1.165) is 23.6 Å². The van der Waals surface area contributed by atoms with E-state index in [-0.39, 0.29) is 35.0 Å². The van der Waals surface area contributed by atoms with Crippen molar-refractivity contribution in [1.29, 1.82) is 0 Å². The molecule has 2 rings (SSSR count). The smallest absolute Gasteiger partial charge is 0.303 e. The van der Waals surface area contributed by atoms with Gasteiger partial charge in [0, 0.05) is 37.1 Å². The molecule has 9 heteroatoms. The van der Waals surface area contributed by atoms with Gasteiger partial charge in [0.25, 0.3) is 0 Å². The summed E-state index contributed by atoms with van der Waals surface area (Å²) in [4.78, 5) is 10.8. The third-order valence-electron chi connectivity index (χ3n) is 5.89. The molecular formula is C26H37ClN2O5S. The van der Waals surface area contributed by atoms with Crippen molar-refractivity contribution >= 4 is 27.6 Å². The van der Waals surface area contributed by atoms with Gasteiger partial charge in [-0.2, -0.15) is 4.31 Å². The van der Waals surface area contributed by atoms with Crippen LogP contribution in [0.1, 0.15) is 50.7 Å². The number of aliphatic hydroxyl groups is 1. The van der Waals surface area contributed by atoms with Crippen molar-refractivity contribution in [1.82, 2.24) is 9.62 Å². The highest BCUT2D eigenvalue weighted by atomic mass is 35.5. The molecule has 0 heterocycles. The highest BCUT2D eigenvalue weighted by Crippen LogP contribution is 2.23. The fourth-order valence-corrected chi connectivity index (χ4v) is 5.49. The van der Waals surface area contributed by atoms with Gasteiger partial charge >= 0.3 is 5.97 Å². The van der Waals surface area contributed by atoms with Crippen LogP contribution >= 0.6 is 11.6 Å². The zero-order valence-corrected chi connectivity index (χ0v) is 22.3. The lowest BCUT2D eigenvalue weighted by atomic mass is 9.95. The van der Waals surface area contributed by atoms with Gasteiger partial charge in [0.1, 0.15) is 0 Å². The Labute approximate surface area is 214 Å². The molecule has 3 N–H and O–H groups in total. The number of aliphatic hydroxyl groups excluding tert-OH is 1. The zero-order valence-electron chi connectivity index (χ0n) is 20.7. The number of halogens is 1. The normalized spacial score (nSPS) is 13.2. The minimum absolute atomic E-state index is 0.00368. The van der Waals surface area contributed by atoms with Crippen LogP contribution in [0.4, 0.5) is 0 Å². The van der Waals surface area contributed by atoms with Gasteiger partial charge in [-0.15, -0.1) is 0 Å². The third-order valence-corrected chi connectivity index (χ3v) is 7.91. The molecule has 1 atom stereocenters. The van der Waals surface area contributed by atoms with E-state index in [1.165, 1.54) is 24.7 Å². The van der Waals surface area contributed by atoms with Crippen molar-refractivity contribution < 1.29 is 23.4 Å². The number of hydrogen-bond donors (Lipinski definition) is 3. The largest absolute Gasteiger partial charge is 0.481 e. The Morgan fingerprint density at radius 3 is 2.40 bits per heavy atom. The summed E-state index contributed by atoms with van der Waals surface area (Å²) < 4.78 is 27.3. The highest BCUT2D eigenvalue weighted by molar-refractivity contribution is 7.89. The van der Waals surface area contributed by atoms with Crippen LogP contribution in [-0.4, -0.2) is 60.7 Å². The quantitative estimate of drug-likeness (QED) is 0.323. The maximum atomic E-state index is 13.1. The third kappa shape index (κ3) is 10.3. The Morgan fingerprint density at radius 1 is 1.09 bits per heavy atom. The Bertz CT molecular complexity index is 1060. The molecular weight excluding hydrogens is 488 g/mol. The molecule has 2 aromatic rings. The van der Waals surface area contributed by atoms with Crippen LogP contribution in [0.3, 0.4) is 0 Å². The number of sulfonamides is 1. The summed E-state index contributed by atoms with van der Waals surface area (Å²) in [5.74, 6) is -0.901. The summed E-state index contributed by atoms with van der Waals surface area (Å²) in [6.07, 6.45) is 2.79. The number of benzene rings is 2. The lowest BCUT2D eigenvalue weighted by molar-refractivity contribution is -0.137. The second-order valence-electron chi connectivity index (χ2n) is 9.59. The van der Waals surface area contributed by atoms with E-state index in [9.17, 15) is 18.3 Å². The maximum Gasteiger partial charge on any atom is 0.303 e. The summed E-state index contributed by atoms with van der Waals surface area (Å²) in [5.41, 5.74) is 1.75. The molecule has 35 heavy (non-hydrogen) atoms. The van der Waals surface area contributed by atoms with E-state index in [2.05, 4.69) is 31.3 Å². The van der Waals surface area contributed by atoms with Crippen LogP contribution in [0, 0.1) is 0 Å². The predicted molar refractivity (Wildman–Crippen MR) is 139 cm³/mol. The number of carboxylic acid groups (broad SMARTS) is 1. The Balaban J connectivity index is 1.89. The van der Waals surface area contributed by atoms with Crippen molar-refractivity contribution in [2.24, 2.45) is 0 Å². The highest BCUT2D eigenvalue weighted by Gasteiger charge is 2.25. The summed E-state index contributed by atoms with van der Waals surface area (Å²) in [5, 5.41) is 23.0. The molecule has 194 valence electrons. The standard InChI is InChI=1S/C26H37ClN2O5S/c1-26(2,14-8-12-20-9-5-4-6-10-20)28-18-23(30)19-29(3)35(33,34)24-16-21(15-22(27)17-24)11-7-13-25(31)32/h4-6,9-10,15-17,23,28,30H,7-8,11-14,18-19H2,1-3H3,(H,31,32). The van der Waals surface area contributed by atoms with Crippen molar-refractivity contribution in [2.75, 3.05) is 20.1 Å². The lowest BCUT2D eigenvalue weighted by Gasteiger charge is -2.29. The molecule has 1 unspecified atom stereocenters. The van der Waals surface area contributed by atoms with Gasteiger partial charge in [-0.05, 0) is 75.3 Å². The van der Waals surface area contributed by atoms with Crippen LogP contribution in [-0.2, 0) is 27.7 Å². The SMILES string of the molecule is CN(CC(O)CNC(C)(C)CCCc1ccccc1)S(=O)(=O)c1cc(Cl)cc(CCCC(=O)O)c1. The van der Waals surface area contributed by atoms with Crippen LogP contribution in [0.15, 0.2) is 53.4 Å². The Kier molecular flexibility index (Phi) is 11.2. The van der Waals surface area contributed by atoms with Crippen LogP contribution in [0.25, 0.3) is 0 Å². The summed E-state index contributed by atoms with van der Waals surface area (Å²) in [6.45, 7) is 4.33. The second-order valence-corrected chi connectivity index (χ2v) is 12.1. The molecule has 0 saturated carbocycles. The molecule has 0 spiro atoms. The molecule has 0 amide bonds. The molecule has 0 radical (unpaired) electrons. The van der Waals surface area contributed by atoms with Gasteiger partial charge in [-0.3, -0.25) is 4.79 Å². The molecule has 0 aliphatic heterocycles. The number of nitrogens with zero attached hydrogens (tertiary/aromatic N) is 1. The average Bonchev–Trinajstić information content (AvgIpc) is 2.78. The number of likely N-dealkylation sites (N-methyl/N-ethyl adjacent to an activating group) is 1. The van der Waals surface area contributed by atoms with Crippen LogP contribution in [0.2, 0.25) is 5.02 Å². The molecule has 0 fully saturated rings. The number of rotatable bonds is 15. The molecule has 2 aromatic carbocycles. The van der Waals surface area contributed by atoms with Crippen LogP contribution < -0.4 is 5.32 Å². The molecule has 7 nitrogen and oxygen atoms in total. The minimum atomic E-state index is -3.87. The Morgan fingerprint density at radius 2 is 1.74 bits per heavy atom. The van der Waals surface area contributed by atoms with E-state index in [1.807, 2.05) is 18.2 Å². The van der Waals surface area contributed by atoms with Gasteiger partial charge in [0.05, 0.1) is 11.0 Å². The van der Waals surface area contributed by atoms with Crippen molar-refractivity contribution in [2.45, 2.75) is 68.9 Å². The number of β-amino-alcohol motifs (C(OH)–C–C–N with tert-alkyl or cyclic N) is 1. The van der Waals surface area contributed by atoms with Crippen molar-refractivity contribution in [3.05, 3.63) is 64.7 Å². The fourth-order valence-electron chi connectivity index (χ4n) is 3.86. The number of nitrogens with one attached hydrogen (secondary N) is 1. The van der Waals surface area contributed by atoms with Crippen LogP contribution in [0.5, 0.6) is 0 Å². The van der Waals surface area contributed by atoms with Gasteiger partial charge in [-0.25, -0.2) is 8.42 Å². The number of hydrogen-bond acceptors (Lipinski definition) is 5. The number of aliphatic carboxylic acids is 1. The monoisotopic (exact) mass is 524 g/mol. The molecule has 0 aromatic heterocycles. The summed E-state index contributed by atoms with van der Waals surface area (Å²) in [7, 11) is -2.45. The van der Waals surface area contributed by atoms with E-state index in [0.29, 0.717) is 18.4 Å². The fraction of sp³-hybridized carbons (Fsp3) is 0.500. The maximum absolute atomic E-state index is 13.1. The first-order valence-electron chi connectivity index (χ1n) is 11.8. The molecule has 0 aliphatic carbocycles. The molecule has 0 aliphatic rings. The molecule has 0 bridgehead atoms. The van der Waals surface area contributed by atoms with Gasteiger partial charge in [0.2, 0.25) is 10.0 Å². The Hall–Kier alpha value is -1.97. The van der Waals surface area contributed by atoms with E-state index < -0.39 is 22.1 Å². The van der Waals surface area contributed by atoms with Gasteiger partial charge < -0.3 is 15.5 Å². The zero-order chi connectivity index (χ0) is 26.1. The first kappa shape index (κ1) is 29.3. The predicted octanol–water partition coefficient (Wildman–Crippen LogP) is 4.12. The lowest BCUT2D eigenvalue weighted by Crippen LogP contribution is -2.46. The van der Waals surface area contributed by atoms with Gasteiger partial charge in [0.15, 0.2) is 0 Å². The van der Waals surface area contributed by atoms with E-state index in [4.69, 9.17) is 16.7 Å². The van der Waals surface area contributed by atoms with Gasteiger partial charge in [-0.1, -0.05) is 41.9 Å². The number of carbonyl (C=O) groups is 1. The van der Waals surface area contributed by atoms with E-state index >= 15 is 0 Å². The number of aryl methyl sites for hydroxylation is 2. The average molecular weight is 525 g/mol. The van der Waals surface area contributed by atoms with E-state index in [1.54, 1.807) is 6.07 Å². The summed E-state index contributed by atoms with van der Waals surface area (Å²) in [6, 6.07) is 14.8. The number of carboxylic acids is 1. The summed E-state index contributed by atoms with van der Waals surface area (Å²) >= 11 is 6.13. The topological polar surface area (TPSA) is 107 Å². The first-order chi connectivity index (χ1) is 16.4.